The first-order valence-corrected chi connectivity index (χ1v) is 4.99. The van der Waals surface area contributed by atoms with Crippen molar-refractivity contribution >= 4 is 17.4 Å². The summed E-state index contributed by atoms with van der Waals surface area (Å²) in [6.45, 7) is 0. The van der Waals surface area contributed by atoms with Gasteiger partial charge in [-0.05, 0) is 23.9 Å². The maximum Gasteiger partial charge on any atom is 0.261 e. The number of pyridine rings is 1. The summed E-state index contributed by atoms with van der Waals surface area (Å²) in [7, 11) is 1.53. The molecule has 2 heterocycles. The average Bonchev–Trinajstić information content (AvgIpc) is 2.73. The minimum Gasteiger partial charge on any atom is -0.480 e. The van der Waals surface area contributed by atoms with E-state index in [0.717, 1.165) is 5.03 Å². The van der Waals surface area contributed by atoms with E-state index in [1.807, 2.05) is 0 Å². The quantitative estimate of drug-likeness (QED) is 0.855. The molecule has 0 aromatic carbocycles. The van der Waals surface area contributed by atoms with Crippen molar-refractivity contribution in [2.75, 3.05) is 12.8 Å². The number of nitrogens with zero attached hydrogens (tertiary/aromatic N) is 2. The number of anilines is 1. The summed E-state index contributed by atoms with van der Waals surface area (Å²) < 4.78 is 10.1. The Balaban J connectivity index is 2.22. The van der Waals surface area contributed by atoms with E-state index >= 15 is 0 Å². The maximum absolute atomic E-state index is 5.64. The van der Waals surface area contributed by atoms with Gasteiger partial charge in [-0.15, -0.1) is 0 Å². The normalized spacial score (nSPS) is 10.2. The Labute approximate surface area is 90.7 Å². The van der Waals surface area contributed by atoms with Crippen LogP contribution in [-0.2, 0) is 0 Å². The molecule has 0 fully saturated rings. The van der Waals surface area contributed by atoms with Gasteiger partial charge in [0.2, 0.25) is 5.88 Å². The second kappa shape index (κ2) is 4.22. The highest BCUT2D eigenvalue weighted by molar-refractivity contribution is 7.99. The molecule has 78 valence electrons. The van der Waals surface area contributed by atoms with Crippen LogP contribution >= 0.6 is 11.8 Å². The van der Waals surface area contributed by atoms with Gasteiger partial charge in [0.25, 0.3) is 5.22 Å². The zero-order valence-corrected chi connectivity index (χ0v) is 8.82. The molecular weight excluding hydrogens is 214 g/mol. The summed E-state index contributed by atoms with van der Waals surface area (Å²) in [5.41, 5.74) is 6.15. The minimum atomic E-state index is 0.409. The van der Waals surface area contributed by atoms with Gasteiger partial charge in [-0.25, -0.2) is 9.97 Å². The summed E-state index contributed by atoms with van der Waals surface area (Å²) in [5, 5.41) is 1.26. The average molecular weight is 223 g/mol. The van der Waals surface area contributed by atoms with Crippen molar-refractivity contribution in [1.82, 2.24) is 9.97 Å². The second-order valence-electron chi connectivity index (χ2n) is 2.65. The smallest absolute Gasteiger partial charge is 0.261 e. The van der Waals surface area contributed by atoms with Crippen molar-refractivity contribution in [3.8, 4) is 5.88 Å². The predicted molar refractivity (Wildman–Crippen MR) is 55.8 cm³/mol. The molecule has 0 radical (unpaired) electrons. The third-order valence-corrected chi connectivity index (χ3v) is 2.47. The van der Waals surface area contributed by atoms with Crippen LogP contribution in [0.1, 0.15) is 0 Å². The number of hydrogen-bond acceptors (Lipinski definition) is 6. The molecule has 0 aliphatic carbocycles. The number of ether oxygens (including phenoxy) is 1. The molecule has 0 saturated carbocycles. The number of nitrogen functional groups attached to an aromatic ring is 1. The fraction of sp³-hybridized carbons (Fsp3) is 0.111. The SMILES string of the molecule is COc1nc(Sc2ncco2)ccc1N. The van der Waals surface area contributed by atoms with Crippen molar-refractivity contribution < 1.29 is 9.15 Å². The van der Waals surface area contributed by atoms with Gasteiger partial charge >= 0.3 is 0 Å². The third-order valence-electron chi connectivity index (χ3n) is 1.66. The molecule has 0 atom stereocenters. The molecule has 5 nitrogen and oxygen atoms in total. The minimum absolute atomic E-state index is 0.409. The van der Waals surface area contributed by atoms with Crippen molar-refractivity contribution in [2.24, 2.45) is 0 Å². The van der Waals surface area contributed by atoms with Crippen LogP contribution in [-0.4, -0.2) is 17.1 Å². The fourth-order valence-corrected chi connectivity index (χ4v) is 1.67. The molecule has 15 heavy (non-hydrogen) atoms. The Kier molecular flexibility index (Phi) is 2.77. The van der Waals surface area contributed by atoms with Crippen LogP contribution in [0, 0.1) is 0 Å². The highest BCUT2D eigenvalue weighted by Crippen LogP contribution is 2.28. The number of rotatable bonds is 3. The lowest BCUT2D eigenvalue weighted by Crippen LogP contribution is -1.95. The second-order valence-corrected chi connectivity index (χ2v) is 3.62. The number of oxazole rings is 1. The van der Waals surface area contributed by atoms with Crippen LogP contribution in [0.25, 0.3) is 0 Å². The molecule has 0 unspecified atom stereocenters. The van der Waals surface area contributed by atoms with Crippen LogP contribution in [0.2, 0.25) is 0 Å². The molecule has 0 saturated heterocycles. The molecule has 2 rings (SSSR count). The lowest BCUT2D eigenvalue weighted by molar-refractivity contribution is 0.396. The summed E-state index contributed by atoms with van der Waals surface area (Å²) >= 11 is 1.31. The number of aromatic nitrogens is 2. The van der Waals surface area contributed by atoms with E-state index in [4.69, 9.17) is 14.9 Å². The van der Waals surface area contributed by atoms with Crippen LogP contribution in [0.15, 0.2) is 39.3 Å². The molecule has 2 aromatic rings. The molecule has 0 amide bonds. The summed E-state index contributed by atoms with van der Waals surface area (Å²) in [5.74, 6) is 0.409. The van der Waals surface area contributed by atoms with Gasteiger partial charge in [0.1, 0.15) is 11.3 Å². The number of hydrogen-bond donors (Lipinski definition) is 1. The Hall–Kier alpha value is -1.69. The largest absolute Gasteiger partial charge is 0.480 e. The Morgan fingerprint density at radius 3 is 3.00 bits per heavy atom. The van der Waals surface area contributed by atoms with Crippen LogP contribution in [0.3, 0.4) is 0 Å². The van der Waals surface area contributed by atoms with E-state index in [1.165, 1.54) is 25.1 Å². The zero-order chi connectivity index (χ0) is 10.7. The Morgan fingerprint density at radius 2 is 2.33 bits per heavy atom. The summed E-state index contributed by atoms with van der Waals surface area (Å²) in [6, 6.07) is 3.52. The van der Waals surface area contributed by atoms with E-state index in [9.17, 15) is 0 Å². The molecule has 0 bridgehead atoms. The van der Waals surface area contributed by atoms with Crippen molar-refractivity contribution in [2.45, 2.75) is 10.2 Å². The molecule has 2 N–H and O–H groups in total. The lowest BCUT2D eigenvalue weighted by atomic mass is 10.4. The monoisotopic (exact) mass is 223 g/mol. The van der Waals surface area contributed by atoms with Gasteiger partial charge in [0.15, 0.2) is 0 Å². The van der Waals surface area contributed by atoms with E-state index in [0.29, 0.717) is 16.8 Å². The highest BCUT2D eigenvalue weighted by Gasteiger charge is 2.06. The first kappa shape index (κ1) is 9.85. The van der Waals surface area contributed by atoms with Crippen molar-refractivity contribution in [3.63, 3.8) is 0 Å². The van der Waals surface area contributed by atoms with Gasteiger partial charge in [0, 0.05) is 0 Å². The molecule has 2 aromatic heterocycles. The molecule has 0 aliphatic rings. The van der Waals surface area contributed by atoms with Crippen LogP contribution < -0.4 is 10.5 Å². The van der Waals surface area contributed by atoms with E-state index < -0.39 is 0 Å². The van der Waals surface area contributed by atoms with Gasteiger partial charge in [-0.2, -0.15) is 0 Å². The van der Waals surface area contributed by atoms with Gasteiger partial charge in [0.05, 0.1) is 19.0 Å². The fourth-order valence-electron chi connectivity index (χ4n) is 1.00. The number of methoxy groups -OCH3 is 1. The standard InChI is InChI=1S/C9H9N3O2S/c1-13-8-6(10)2-3-7(12-8)15-9-11-4-5-14-9/h2-5H,10H2,1H3. The van der Waals surface area contributed by atoms with Crippen molar-refractivity contribution in [1.29, 1.82) is 0 Å². The van der Waals surface area contributed by atoms with Crippen molar-refractivity contribution in [3.05, 3.63) is 24.6 Å². The molecule has 0 aliphatic heterocycles. The highest BCUT2D eigenvalue weighted by atomic mass is 32.2. The molecule has 0 spiro atoms. The topological polar surface area (TPSA) is 74.2 Å². The van der Waals surface area contributed by atoms with E-state index in [-0.39, 0.29) is 0 Å². The van der Waals surface area contributed by atoms with Gasteiger partial charge in [-0.1, -0.05) is 0 Å². The van der Waals surface area contributed by atoms with Crippen LogP contribution in [0.5, 0.6) is 5.88 Å². The Morgan fingerprint density at radius 1 is 1.47 bits per heavy atom. The zero-order valence-electron chi connectivity index (χ0n) is 8.01. The number of nitrogens with two attached hydrogens (primary N) is 1. The first-order chi connectivity index (χ1) is 7.29. The summed E-state index contributed by atoms with van der Waals surface area (Å²) in [6.07, 6.45) is 3.09. The van der Waals surface area contributed by atoms with Gasteiger partial charge < -0.3 is 14.9 Å². The first-order valence-electron chi connectivity index (χ1n) is 4.17. The van der Waals surface area contributed by atoms with Gasteiger partial charge in [-0.3, -0.25) is 0 Å². The van der Waals surface area contributed by atoms with Crippen LogP contribution in [0.4, 0.5) is 5.69 Å². The lowest BCUT2D eigenvalue weighted by Gasteiger charge is -2.03. The summed E-state index contributed by atoms with van der Waals surface area (Å²) in [4.78, 5) is 8.16. The Bertz CT molecular complexity index is 445. The molecule has 6 heteroatoms. The van der Waals surface area contributed by atoms with E-state index in [2.05, 4.69) is 9.97 Å². The predicted octanol–water partition coefficient (Wildman–Crippen LogP) is 1.81. The third kappa shape index (κ3) is 2.21. The van der Waals surface area contributed by atoms with E-state index in [1.54, 1.807) is 18.3 Å². The molecular formula is C9H9N3O2S. The maximum atomic E-state index is 5.64.